The second kappa shape index (κ2) is 2.95. The Bertz CT molecular complexity index is 100. The molecule has 10 heavy (non-hydrogen) atoms. The first kappa shape index (κ1) is 8.12. The predicted octanol–water partition coefficient (Wildman–Crippen LogP) is 2.25. The fraction of sp³-hybridized carbons (Fsp3) is 1.00. The van der Waals surface area contributed by atoms with Crippen LogP contribution in [0.4, 0.5) is 0 Å². The summed E-state index contributed by atoms with van der Waals surface area (Å²) in [5.41, 5.74) is 0.419. The maximum absolute atomic E-state index is 5.40. The van der Waals surface area contributed by atoms with E-state index in [9.17, 15) is 0 Å². The van der Waals surface area contributed by atoms with Gasteiger partial charge in [-0.1, -0.05) is 20.8 Å². The van der Waals surface area contributed by atoms with Gasteiger partial charge in [-0.2, -0.15) is 0 Å². The van der Waals surface area contributed by atoms with Gasteiger partial charge in [0.2, 0.25) is 0 Å². The molecule has 1 atom stereocenters. The van der Waals surface area contributed by atoms with Crippen molar-refractivity contribution in [2.24, 2.45) is 5.41 Å². The average Bonchev–Trinajstić information content (AvgIpc) is 2.12. The highest BCUT2D eigenvalue weighted by Crippen LogP contribution is 2.26. The molecule has 1 heterocycles. The molecule has 0 bridgehead atoms. The Morgan fingerprint density at radius 2 is 2.20 bits per heavy atom. The molecule has 0 aromatic heterocycles. The fourth-order valence-electron chi connectivity index (χ4n) is 1.36. The molecule has 0 N–H and O–H groups in total. The van der Waals surface area contributed by atoms with Crippen molar-refractivity contribution < 1.29 is 4.65 Å². The predicted molar refractivity (Wildman–Crippen MR) is 44.1 cm³/mol. The van der Waals surface area contributed by atoms with Crippen LogP contribution in [0.3, 0.4) is 0 Å². The molecule has 1 radical (unpaired) electrons. The third kappa shape index (κ3) is 2.74. The summed E-state index contributed by atoms with van der Waals surface area (Å²) in [6.07, 6.45) is 4.04. The first-order valence-corrected chi connectivity index (χ1v) is 4.05. The van der Waals surface area contributed by atoms with Crippen molar-refractivity contribution in [3.8, 4) is 0 Å². The minimum Gasteiger partial charge on any atom is -0.438 e. The van der Waals surface area contributed by atoms with E-state index in [4.69, 9.17) is 4.65 Å². The Hall–Kier alpha value is 0.0249. The summed E-state index contributed by atoms with van der Waals surface area (Å²) in [4.78, 5) is 0. The van der Waals surface area contributed by atoms with Gasteiger partial charge in [-0.15, -0.1) is 0 Å². The summed E-state index contributed by atoms with van der Waals surface area (Å²) in [6.45, 7) is 6.78. The van der Waals surface area contributed by atoms with Gasteiger partial charge in [0.25, 0.3) is 7.48 Å². The van der Waals surface area contributed by atoms with Gasteiger partial charge in [-0.3, -0.25) is 0 Å². The van der Waals surface area contributed by atoms with Crippen LogP contribution < -0.4 is 0 Å². The molecule has 1 nitrogen and oxygen atoms in total. The van der Waals surface area contributed by atoms with Crippen LogP contribution in [0.25, 0.3) is 0 Å². The Morgan fingerprint density at radius 3 is 2.60 bits per heavy atom. The highest BCUT2D eigenvalue weighted by Gasteiger charge is 2.22. The molecule has 0 aliphatic carbocycles. The zero-order valence-electron chi connectivity index (χ0n) is 7.18. The van der Waals surface area contributed by atoms with E-state index in [1.165, 1.54) is 12.8 Å². The van der Waals surface area contributed by atoms with Gasteiger partial charge >= 0.3 is 0 Å². The van der Waals surface area contributed by atoms with Crippen LogP contribution in [-0.4, -0.2) is 13.6 Å². The topological polar surface area (TPSA) is 9.23 Å². The van der Waals surface area contributed by atoms with Gasteiger partial charge in [-0.05, 0) is 24.6 Å². The molecule has 0 aromatic carbocycles. The minimum atomic E-state index is 0.419. The first-order valence-electron chi connectivity index (χ1n) is 4.05. The SMILES string of the molecule is CC(C)(C)CC1CC[B]O1. The van der Waals surface area contributed by atoms with Crippen LogP contribution in [0, 0.1) is 5.41 Å². The molecule has 0 spiro atoms. The first-order chi connectivity index (χ1) is 4.58. The molecule has 1 aliphatic heterocycles. The molecule has 1 aliphatic rings. The summed E-state index contributed by atoms with van der Waals surface area (Å²) < 4.78 is 5.40. The van der Waals surface area contributed by atoms with E-state index >= 15 is 0 Å². The van der Waals surface area contributed by atoms with Crippen LogP contribution in [-0.2, 0) is 4.65 Å². The summed E-state index contributed by atoms with van der Waals surface area (Å²) >= 11 is 0. The Morgan fingerprint density at radius 1 is 1.50 bits per heavy atom. The number of hydrogen-bond donors (Lipinski definition) is 0. The highest BCUT2D eigenvalue weighted by atomic mass is 16.4. The van der Waals surface area contributed by atoms with Crippen LogP contribution in [0.5, 0.6) is 0 Å². The number of rotatable bonds is 1. The third-order valence-corrected chi connectivity index (χ3v) is 1.74. The maximum Gasteiger partial charge on any atom is 0.292 e. The Labute approximate surface area is 64.4 Å². The van der Waals surface area contributed by atoms with Gasteiger partial charge in [-0.25, -0.2) is 0 Å². The molecular weight excluding hydrogens is 123 g/mol. The Kier molecular flexibility index (Phi) is 2.40. The lowest BCUT2D eigenvalue weighted by molar-refractivity contribution is 0.169. The molecular formula is C8H16BO. The lowest BCUT2D eigenvalue weighted by Crippen LogP contribution is -2.16. The second-order valence-corrected chi connectivity index (χ2v) is 4.27. The summed E-state index contributed by atoms with van der Waals surface area (Å²) in [5.74, 6) is 0. The zero-order chi connectivity index (χ0) is 7.61. The van der Waals surface area contributed by atoms with Crippen molar-refractivity contribution >= 4 is 7.48 Å². The van der Waals surface area contributed by atoms with Crippen LogP contribution in [0.15, 0.2) is 0 Å². The summed E-state index contributed by atoms with van der Waals surface area (Å²) in [5, 5.41) is 0. The molecule has 1 rings (SSSR count). The largest absolute Gasteiger partial charge is 0.438 e. The van der Waals surface area contributed by atoms with Gasteiger partial charge in [0.15, 0.2) is 0 Å². The fourth-order valence-corrected chi connectivity index (χ4v) is 1.36. The lowest BCUT2D eigenvalue weighted by atomic mass is 9.88. The van der Waals surface area contributed by atoms with Gasteiger partial charge in [0, 0.05) is 6.10 Å². The zero-order valence-corrected chi connectivity index (χ0v) is 7.18. The van der Waals surface area contributed by atoms with Gasteiger partial charge in [0.05, 0.1) is 0 Å². The number of hydrogen-bond acceptors (Lipinski definition) is 1. The highest BCUT2D eigenvalue weighted by molar-refractivity contribution is 6.28. The standard InChI is InChI=1S/C8H16BO/c1-8(2,3)6-7-4-5-9-10-7/h7H,4-6H2,1-3H3. The van der Waals surface area contributed by atoms with Crippen LogP contribution >= 0.6 is 0 Å². The van der Waals surface area contributed by atoms with Crippen molar-refractivity contribution in [2.45, 2.75) is 46.0 Å². The molecule has 0 saturated carbocycles. The molecule has 0 aromatic rings. The molecule has 57 valence electrons. The monoisotopic (exact) mass is 139 g/mol. The van der Waals surface area contributed by atoms with Crippen molar-refractivity contribution in [3.63, 3.8) is 0 Å². The molecule has 1 saturated heterocycles. The van der Waals surface area contributed by atoms with E-state index in [1.807, 2.05) is 7.48 Å². The van der Waals surface area contributed by atoms with Crippen molar-refractivity contribution in [3.05, 3.63) is 0 Å². The van der Waals surface area contributed by atoms with Crippen molar-refractivity contribution in [1.82, 2.24) is 0 Å². The summed E-state index contributed by atoms with van der Waals surface area (Å²) in [6, 6.07) is 0. The molecule has 2 heteroatoms. The Balaban J connectivity index is 2.24. The third-order valence-electron chi connectivity index (χ3n) is 1.74. The molecule has 1 unspecified atom stereocenters. The quantitative estimate of drug-likeness (QED) is 0.506. The summed E-state index contributed by atoms with van der Waals surface area (Å²) in [7, 11) is 1.94. The molecule has 0 amide bonds. The van der Waals surface area contributed by atoms with E-state index in [0.29, 0.717) is 11.5 Å². The lowest BCUT2D eigenvalue weighted by Gasteiger charge is -2.22. The van der Waals surface area contributed by atoms with Gasteiger partial charge < -0.3 is 4.65 Å². The van der Waals surface area contributed by atoms with E-state index in [2.05, 4.69) is 20.8 Å². The van der Waals surface area contributed by atoms with Crippen molar-refractivity contribution in [2.75, 3.05) is 0 Å². The van der Waals surface area contributed by atoms with Crippen LogP contribution in [0.1, 0.15) is 33.6 Å². The normalized spacial score (nSPS) is 26.5. The maximum atomic E-state index is 5.40. The van der Waals surface area contributed by atoms with E-state index in [1.54, 1.807) is 0 Å². The van der Waals surface area contributed by atoms with Gasteiger partial charge in [0.1, 0.15) is 0 Å². The second-order valence-electron chi connectivity index (χ2n) is 4.27. The smallest absolute Gasteiger partial charge is 0.292 e. The van der Waals surface area contributed by atoms with Crippen molar-refractivity contribution in [1.29, 1.82) is 0 Å². The van der Waals surface area contributed by atoms with E-state index < -0.39 is 0 Å². The van der Waals surface area contributed by atoms with E-state index in [-0.39, 0.29) is 0 Å². The van der Waals surface area contributed by atoms with Crippen LogP contribution in [0.2, 0.25) is 6.32 Å². The van der Waals surface area contributed by atoms with E-state index in [0.717, 1.165) is 6.32 Å². The molecule has 1 fully saturated rings. The average molecular weight is 139 g/mol. The minimum absolute atomic E-state index is 0.419.